The number of nitrogens with zero attached hydrogens (tertiary/aromatic N) is 6. The van der Waals surface area contributed by atoms with Gasteiger partial charge in [0.25, 0.3) is 11.8 Å². The highest BCUT2D eigenvalue weighted by atomic mass is 16.4. The number of aromatic amines is 2. The van der Waals surface area contributed by atoms with Crippen LogP contribution in [0.1, 0.15) is 127 Å². The van der Waals surface area contributed by atoms with Crippen LogP contribution in [0.15, 0.2) is 84.9 Å². The summed E-state index contributed by atoms with van der Waals surface area (Å²) in [5.74, 6) is -2.67. The highest BCUT2D eigenvalue weighted by molar-refractivity contribution is 5.97. The Bertz CT molecular complexity index is 3220. The van der Waals surface area contributed by atoms with Crippen LogP contribution in [0, 0.1) is 5.92 Å². The van der Waals surface area contributed by atoms with E-state index in [0.717, 1.165) is 47.8 Å². The maximum Gasteiger partial charge on any atom is 0.305 e. The highest BCUT2D eigenvalue weighted by Crippen LogP contribution is 2.29. The van der Waals surface area contributed by atoms with Crippen LogP contribution >= 0.6 is 0 Å². The zero-order valence-electron chi connectivity index (χ0n) is 46.8. The van der Waals surface area contributed by atoms with E-state index in [9.17, 15) is 48.6 Å². The summed E-state index contributed by atoms with van der Waals surface area (Å²) in [6, 6.07) is 23.6. The standard InChI is InChI=1S/C60H74N12O10/c1-38(56(78)62-27-13-5-7-15-29-72-35-42-31-40(22-24-44(42)64-50(60(72)82)33-55(76)77)58(80)70(3)37-52-67-47-18-10-11-19-48(47)68-52)20-25-53(73)61-26-12-4-6-14-28-71-34-41-30-39(21-23-43(41)63-49(59(71)81)32-54(74)75)57(79)69(2)36-51-65-45-16-8-9-17-46(45)66-51/h8-11,16-19,21-24,30-31,38,49-50,63-64H,4-7,12-15,20,25-29,32-37H2,1-3H3,(H,61,73)(H,62,78)(H,65,66)(H,67,68)(H,74,75)(H,76,77)/t38-,49?,50-/m0/s1. The van der Waals surface area contributed by atoms with E-state index in [1.165, 1.54) is 0 Å². The SMILES string of the molecule is C[C@@H](CCC(=O)NCCCCCCN1Cc2cc(C(=O)N(C)Cc3nc4ccccc4[nH]3)ccc2NC(CC(=O)O)C1=O)C(=O)NCCCCCCN1Cc2cc(C(=O)N(C)Cc3nc4ccccc4[nH]3)ccc2N[C@@H](CC(=O)O)C1=O. The van der Waals surface area contributed by atoms with Crippen LogP contribution in [0.5, 0.6) is 0 Å². The Labute approximate surface area is 475 Å². The number of carbonyl (C=O) groups is 8. The molecule has 2 aliphatic heterocycles. The average Bonchev–Trinajstić information content (AvgIpc) is 4.25. The van der Waals surface area contributed by atoms with Crippen molar-refractivity contribution in [3.05, 3.63) is 119 Å². The van der Waals surface area contributed by atoms with Gasteiger partial charge in [-0.05, 0) is 104 Å². The molecule has 3 atom stereocenters. The third kappa shape index (κ3) is 16.0. The lowest BCUT2D eigenvalue weighted by molar-refractivity contribution is -0.141. The van der Waals surface area contributed by atoms with E-state index in [0.29, 0.717) is 104 Å². The second-order valence-corrected chi connectivity index (χ2v) is 21.5. The number of nitrogens with one attached hydrogen (secondary N) is 6. The number of fused-ring (bicyclic) bond motifs is 4. The van der Waals surface area contributed by atoms with Crippen molar-refractivity contribution < 1.29 is 48.6 Å². The molecule has 22 heteroatoms. The average molecular weight is 1120 g/mol. The molecule has 0 radical (unpaired) electrons. The van der Waals surface area contributed by atoms with E-state index in [4.69, 9.17) is 0 Å². The van der Waals surface area contributed by atoms with Crippen LogP contribution < -0.4 is 21.3 Å². The minimum atomic E-state index is -1.11. The molecule has 6 aromatic rings. The number of amides is 6. The molecule has 6 amide bonds. The molecule has 434 valence electrons. The number of hydrogen-bond acceptors (Lipinski definition) is 12. The molecule has 2 aromatic heterocycles. The monoisotopic (exact) mass is 1120 g/mol. The number of imidazole rings is 2. The summed E-state index contributed by atoms with van der Waals surface area (Å²) < 4.78 is 0. The third-order valence-corrected chi connectivity index (χ3v) is 15.0. The normalized spacial score (nSPS) is 15.4. The largest absolute Gasteiger partial charge is 0.481 e. The van der Waals surface area contributed by atoms with E-state index in [1.807, 2.05) is 48.5 Å². The maximum absolute atomic E-state index is 13.7. The Morgan fingerprint density at radius 2 is 1.05 bits per heavy atom. The van der Waals surface area contributed by atoms with Crippen LogP contribution in [-0.4, -0.2) is 149 Å². The molecule has 82 heavy (non-hydrogen) atoms. The second kappa shape index (κ2) is 28.1. The highest BCUT2D eigenvalue weighted by Gasteiger charge is 2.33. The minimum absolute atomic E-state index is 0.134. The first-order valence-electron chi connectivity index (χ1n) is 28.2. The minimum Gasteiger partial charge on any atom is -0.481 e. The van der Waals surface area contributed by atoms with Crippen molar-refractivity contribution in [3.63, 3.8) is 0 Å². The molecule has 1 unspecified atom stereocenters. The van der Waals surface area contributed by atoms with E-state index in [2.05, 4.69) is 41.2 Å². The number of aromatic nitrogens is 4. The molecule has 2 aliphatic rings. The van der Waals surface area contributed by atoms with Gasteiger partial charge in [0.05, 0.1) is 48.0 Å². The molecule has 0 spiro atoms. The predicted molar refractivity (Wildman–Crippen MR) is 308 cm³/mol. The Hall–Kier alpha value is -8.82. The number of rotatable bonds is 28. The molecule has 0 aliphatic carbocycles. The van der Waals surface area contributed by atoms with Gasteiger partial charge in [-0.3, -0.25) is 38.4 Å². The fourth-order valence-electron chi connectivity index (χ4n) is 10.4. The number of para-hydroxylation sites is 4. The molecule has 8 N–H and O–H groups in total. The van der Waals surface area contributed by atoms with E-state index < -0.39 is 36.9 Å². The molecule has 0 bridgehead atoms. The lowest BCUT2D eigenvalue weighted by atomic mass is 10.0. The van der Waals surface area contributed by atoms with Crippen molar-refractivity contribution in [1.29, 1.82) is 0 Å². The molecular weight excluding hydrogens is 1050 g/mol. The first kappa shape index (κ1) is 59.3. The summed E-state index contributed by atoms with van der Waals surface area (Å²) >= 11 is 0. The Morgan fingerprint density at radius 1 is 0.610 bits per heavy atom. The number of H-pyrrole nitrogens is 2. The van der Waals surface area contributed by atoms with Crippen molar-refractivity contribution in [2.24, 2.45) is 5.92 Å². The first-order chi connectivity index (χ1) is 39.5. The van der Waals surface area contributed by atoms with Crippen molar-refractivity contribution in [3.8, 4) is 0 Å². The van der Waals surface area contributed by atoms with Crippen LogP contribution in [0.25, 0.3) is 22.1 Å². The third-order valence-electron chi connectivity index (χ3n) is 15.0. The number of anilines is 2. The molecule has 0 fully saturated rings. The molecule has 8 rings (SSSR count). The summed E-state index contributed by atoms with van der Waals surface area (Å²) in [6.07, 6.45) is 5.63. The summed E-state index contributed by atoms with van der Waals surface area (Å²) in [5, 5.41) is 31.4. The van der Waals surface area contributed by atoms with E-state index in [-0.39, 0.29) is 74.0 Å². The fraction of sp³-hybridized carbons (Fsp3) is 0.433. The summed E-state index contributed by atoms with van der Waals surface area (Å²) in [5.41, 5.74) is 6.85. The number of carboxylic acid groups (broad SMARTS) is 2. The van der Waals surface area contributed by atoms with Crippen molar-refractivity contribution in [2.45, 2.75) is 122 Å². The van der Waals surface area contributed by atoms with Gasteiger partial charge in [-0.15, -0.1) is 0 Å². The van der Waals surface area contributed by atoms with Crippen molar-refractivity contribution in [2.75, 3.05) is 50.9 Å². The molecule has 4 aromatic carbocycles. The summed E-state index contributed by atoms with van der Waals surface area (Å²) in [6.45, 7) is 4.42. The second-order valence-electron chi connectivity index (χ2n) is 21.5. The predicted octanol–water partition coefficient (Wildman–Crippen LogP) is 6.65. The van der Waals surface area contributed by atoms with Crippen LogP contribution in [0.3, 0.4) is 0 Å². The van der Waals surface area contributed by atoms with Gasteiger partial charge in [0.15, 0.2) is 0 Å². The molecule has 0 saturated heterocycles. The zero-order valence-corrected chi connectivity index (χ0v) is 46.8. The van der Waals surface area contributed by atoms with Crippen molar-refractivity contribution >= 4 is 80.8 Å². The summed E-state index contributed by atoms with van der Waals surface area (Å²) in [4.78, 5) is 126. The molecule has 4 heterocycles. The van der Waals surface area contributed by atoms with E-state index in [1.54, 1.807) is 77.0 Å². The van der Waals surface area contributed by atoms with Gasteiger partial charge in [-0.2, -0.15) is 0 Å². The van der Waals surface area contributed by atoms with Gasteiger partial charge in [0.2, 0.25) is 23.6 Å². The Morgan fingerprint density at radius 3 is 1.50 bits per heavy atom. The van der Waals surface area contributed by atoms with Gasteiger partial charge in [0, 0.05) is 88.2 Å². The number of carboxylic acids is 2. The summed E-state index contributed by atoms with van der Waals surface area (Å²) in [7, 11) is 3.39. The number of benzene rings is 4. The zero-order chi connectivity index (χ0) is 58.3. The van der Waals surface area contributed by atoms with Gasteiger partial charge in [0.1, 0.15) is 23.7 Å². The topological polar surface area (TPSA) is 295 Å². The first-order valence-corrected chi connectivity index (χ1v) is 28.2. The van der Waals surface area contributed by atoms with Crippen LogP contribution in [0.2, 0.25) is 0 Å². The number of carbonyl (C=O) groups excluding carboxylic acids is 6. The molecule has 22 nitrogen and oxygen atoms in total. The maximum atomic E-state index is 13.7. The lowest BCUT2D eigenvalue weighted by Crippen LogP contribution is -2.42. The Balaban J connectivity index is 0.700. The van der Waals surface area contributed by atoms with E-state index >= 15 is 0 Å². The number of unbranched alkanes of at least 4 members (excludes halogenated alkanes) is 6. The lowest BCUT2D eigenvalue weighted by Gasteiger charge is -2.24. The van der Waals surface area contributed by atoms with Crippen molar-refractivity contribution in [1.82, 2.24) is 50.2 Å². The van der Waals surface area contributed by atoms with Gasteiger partial charge in [-0.1, -0.05) is 56.9 Å². The van der Waals surface area contributed by atoms with Gasteiger partial charge >= 0.3 is 11.9 Å². The quantitative estimate of drug-likeness (QED) is 0.0239. The fourth-order valence-corrected chi connectivity index (χ4v) is 10.4. The number of hydrogen-bond donors (Lipinski definition) is 8. The Kier molecular flexibility index (Phi) is 20.3. The van der Waals surface area contributed by atoms with Gasteiger partial charge in [-0.25, -0.2) is 9.97 Å². The van der Waals surface area contributed by atoms with Crippen LogP contribution in [-0.2, 0) is 54.9 Å². The van der Waals surface area contributed by atoms with Gasteiger partial charge < -0.3 is 61.0 Å². The molecular formula is C60H74N12O10. The van der Waals surface area contributed by atoms with Crippen LogP contribution in [0.4, 0.5) is 11.4 Å². The molecule has 0 saturated carbocycles. The number of aliphatic carboxylic acids is 2. The smallest absolute Gasteiger partial charge is 0.305 e.